The maximum absolute atomic E-state index is 14.1. The van der Waals surface area contributed by atoms with Gasteiger partial charge in [-0.1, -0.05) is 13.8 Å². The summed E-state index contributed by atoms with van der Waals surface area (Å²) in [6.45, 7) is 4.75. The number of hydrogen-bond acceptors (Lipinski definition) is 2. The zero-order chi connectivity index (χ0) is 14.3. The summed E-state index contributed by atoms with van der Waals surface area (Å²) in [5, 5.41) is 3.81. The SMILES string of the molecule is CC(C)Cc1c(CNC2CC2)oc2cc(F)cc(F)c12. The highest BCUT2D eigenvalue weighted by atomic mass is 19.1. The van der Waals surface area contributed by atoms with E-state index in [-0.39, 0.29) is 0 Å². The Hall–Kier alpha value is -1.42. The van der Waals surface area contributed by atoms with E-state index in [4.69, 9.17) is 4.42 Å². The number of fused-ring (bicyclic) bond motifs is 1. The van der Waals surface area contributed by atoms with Gasteiger partial charge in [-0.05, 0) is 25.2 Å². The molecular weight excluding hydrogens is 260 g/mol. The van der Waals surface area contributed by atoms with Gasteiger partial charge in [0, 0.05) is 23.7 Å². The lowest BCUT2D eigenvalue weighted by atomic mass is 9.99. The fraction of sp³-hybridized carbons (Fsp3) is 0.500. The Labute approximate surface area is 117 Å². The Balaban J connectivity index is 2.03. The average molecular weight is 279 g/mol. The lowest BCUT2D eigenvalue weighted by Crippen LogP contribution is -2.16. The van der Waals surface area contributed by atoms with Gasteiger partial charge in [0.05, 0.1) is 11.9 Å². The molecule has 0 amide bonds. The van der Waals surface area contributed by atoms with Gasteiger partial charge in [-0.15, -0.1) is 0 Å². The number of benzene rings is 1. The Kier molecular flexibility index (Phi) is 3.50. The van der Waals surface area contributed by atoms with Crippen molar-refractivity contribution < 1.29 is 13.2 Å². The minimum Gasteiger partial charge on any atom is -0.459 e. The first-order chi connectivity index (χ1) is 9.54. The molecule has 0 unspecified atom stereocenters. The third-order valence-corrected chi connectivity index (χ3v) is 3.63. The van der Waals surface area contributed by atoms with Crippen molar-refractivity contribution in [3.05, 3.63) is 35.1 Å². The summed E-state index contributed by atoms with van der Waals surface area (Å²) < 4.78 is 33.1. The van der Waals surface area contributed by atoms with Gasteiger partial charge in [0.2, 0.25) is 0 Å². The molecule has 1 heterocycles. The highest BCUT2D eigenvalue weighted by Gasteiger charge is 2.24. The molecule has 2 nitrogen and oxygen atoms in total. The molecule has 0 saturated heterocycles. The van der Waals surface area contributed by atoms with Gasteiger partial charge >= 0.3 is 0 Å². The monoisotopic (exact) mass is 279 g/mol. The van der Waals surface area contributed by atoms with Crippen LogP contribution in [-0.2, 0) is 13.0 Å². The predicted molar refractivity (Wildman–Crippen MR) is 74.5 cm³/mol. The summed E-state index contributed by atoms with van der Waals surface area (Å²) in [5.41, 5.74) is 1.19. The Morgan fingerprint density at radius 3 is 2.70 bits per heavy atom. The first-order valence-electron chi connectivity index (χ1n) is 7.17. The number of furan rings is 1. The molecule has 4 heteroatoms. The second-order valence-electron chi connectivity index (χ2n) is 6.02. The van der Waals surface area contributed by atoms with Gasteiger partial charge in [-0.25, -0.2) is 8.78 Å². The normalized spacial score (nSPS) is 15.4. The van der Waals surface area contributed by atoms with Gasteiger partial charge in [0.1, 0.15) is 23.0 Å². The van der Waals surface area contributed by atoms with Crippen LogP contribution in [0.25, 0.3) is 11.0 Å². The number of halogens is 2. The summed E-state index contributed by atoms with van der Waals surface area (Å²) in [4.78, 5) is 0. The number of nitrogens with one attached hydrogen (secondary N) is 1. The van der Waals surface area contributed by atoms with Crippen LogP contribution in [0.2, 0.25) is 0 Å². The van der Waals surface area contributed by atoms with Crippen LogP contribution < -0.4 is 5.32 Å². The molecule has 2 aromatic rings. The molecule has 0 atom stereocenters. The molecular formula is C16H19F2NO. The van der Waals surface area contributed by atoms with Gasteiger partial charge < -0.3 is 9.73 Å². The third-order valence-electron chi connectivity index (χ3n) is 3.63. The smallest absolute Gasteiger partial charge is 0.140 e. The molecule has 0 radical (unpaired) electrons. The molecule has 1 aliphatic carbocycles. The lowest BCUT2D eigenvalue weighted by molar-refractivity contribution is 0.498. The van der Waals surface area contributed by atoms with Gasteiger partial charge in [0.25, 0.3) is 0 Å². The van der Waals surface area contributed by atoms with Gasteiger partial charge in [-0.2, -0.15) is 0 Å². The zero-order valence-corrected chi connectivity index (χ0v) is 11.8. The van der Waals surface area contributed by atoms with Crippen molar-refractivity contribution >= 4 is 11.0 Å². The second-order valence-corrected chi connectivity index (χ2v) is 6.02. The van der Waals surface area contributed by atoms with E-state index in [0.717, 1.165) is 23.8 Å². The molecule has 1 aromatic carbocycles. The molecule has 1 N–H and O–H groups in total. The zero-order valence-electron chi connectivity index (χ0n) is 11.8. The van der Waals surface area contributed by atoms with Crippen LogP contribution in [0.3, 0.4) is 0 Å². The summed E-state index contributed by atoms with van der Waals surface area (Å²) in [5.74, 6) is 0.00338. The van der Waals surface area contributed by atoms with Crippen LogP contribution in [0.4, 0.5) is 8.78 Å². The van der Waals surface area contributed by atoms with Crippen molar-refractivity contribution in [3.63, 3.8) is 0 Å². The summed E-state index contributed by atoms with van der Waals surface area (Å²) >= 11 is 0. The molecule has 20 heavy (non-hydrogen) atoms. The largest absolute Gasteiger partial charge is 0.459 e. The van der Waals surface area contributed by atoms with Crippen molar-refractivity contribution in [2.24, 2.45) is 5.92 Å². The van der Waals surface area contributed by atoms with E-state index in [9.17, 15) is 8.78 Å². The van der Waals surface area contributed by atoms with Crippen LogP contribution in [0.1, 0.15) is 38.0 Å². The van der Waals surface area contributed by atoms with Crippen molar-refractivity contribution in [1.29, 1.82) is 0 Å². The third kappa shape index (κ3) is 2.70. The molecule has 1 saturated carbocycles. The summed E-state index contributed by atoms with van der Waals surface area (Å²) in [6.07, 6.45) is 3.10. The molecule has 108 valence electrons. The standard InChI is InChI=1S/C16H19F2NO/c1-9(2)5-12-15(8-19-11-3-4-11)20-14-7-10(17)6-13(18)16(12)14/h6-7,9,11,19H,3-5,8H2,1-2H3. The fourth-order valence-corrected chi connectivity index (χ4v) is 2.55. The van der Waals surface area contributed by atoms with Crippen LogP contribution in [-0.4, -0.2) is 6.04 Å². The Morgan fingerprint density at radius 2 is 2.05 bits per heavy atom. The second kappa shape index (κ2) is 5.17. The molecule has 1 aliphatic rings. The number of hydrogen-bond donors (Lipinski definition) is 1. The van der Waals surface area contributed by atoms with Crippen LogP contribution >= 0.6 is 0 Å². The molecule has 1 aromatic heterocycles. The van der Waals surface area contributed by atoms with E-state index in [2.05, 4.69) is 19.2 Å². The summed E-state index contributed by atoms with van der Waals surface area (Å²) in [7, 11) is 0. The molecule has 0 spiro atoms. The Bertz CT molecular complexity index is 629. The Morgan fingerprint density at radius 1 is 1.30 bits per heavy atom. The quantitative estimate of drug-likeness (QED) is 0.889. The summed E-state index contributed by atoms with van der Waals surface area (Å²) in [6, 6.07) is 2.75. The molecule has 3 rings (SSSR count). The highest BCUT2D eigenvalue weighted by Crippen LogP contribution is 2.32. The molecule has 0 aliphatic heterocycles. The first kappa shape index (κ1) is 13.6. The highest BCUT2D eigenvalue weighted by molar-refractivity contribution is 5.83. The van der Waals surface area contributed by atoms with Gasteiger partial charge in [0.15, 0.2) is 0 Å². The number of rotatable bonds is 5. The maximum atomic E-state index is 14.1. The lowest BCUT2D eigenvalue weighted by Gasteiger charge is -2.07. The predicted octanol–water partition coefficient (Wildman–Crippen LogP) is 4.16. The fourth-order valence-electron chi connectivity index (χ4n) is 2.55. The van der Waals surface area contributed by atoms with Crippen LogP contribution in [0, 0.1) is 17.6 Å². The van der Waals surface area contributed by atoms with Crippen molar-refractivity contribution in [1.82, 2.24) is 5.32 Å². The van der Waals surface area contributed by atoms with E-state index < -0.39 is 11.6 Å². The van der Waals surface area contributed by atoms with E-state index >= 15 is 0 Å². The molecule has 1 fully saturated rings. The average Bonchev–Trinajstić information content (AvgIpc) is 3.10. The van der Waals surface area contributed by atoms with Crippen molar-refractivity contribution in [3.8, 4) is 0 Å². The minimum absolute atomic E-state index is 0.311. The topological polar surface area (TPSA) is 25.2 Å². The van der Waals surface area contributed by atoms with E-state index in [1.165, 1.54) is 18.9 Å². The van der Waals surface area contributed by atoms with E-state index in [0.29, 0.717) is 29.5 Å². The first-order valence-corrected chi connectivity index (χ1v) is 7.17. The van der Waals surface area contributed by atoms with Gasteiger partial charge in [-0.3, -0.25) is 0 Å². The maximum Gasteiger partial charge on any atom is 0.140 e. The van der Waals surface area contributed by atoms with Crippen molar-refractivity contribution in [2.75, 3.05) is 0 Å². The van der Waals surface area contributed by atoms with Crippen LogP contribution in [0.15, 0.2) is 16.5 Å². The minimum atomic E-state index is -0.596. The van der Waals surface area contributed by atoms with Crippen LogP contribution in [0.5, 0.6) is 0 Å². The van der Waals surface area contributed by atoms with E-state index in [1.54, 1.807) is 0 Å². The van der Waals surface area contributed by atoms with E-state index in [1.807, 2.05) is 0 Å². The van der Waals surface area contributed by atoms with Crippen molar-refractivity contribution in [2.45, 2.75) is 45.7 Å². The molecule has 0 bridgehead atoms.